The molecule has 0 spiro atoms. The van der Waals surface area contributed by atoms with Crippen LogP contribution in [0.4, 0.5) is 0 Å². The van der Waals surface area contributed by atoms with Crippen molar-refractivity contribution >= 4 is 16.7 Å². The minimum Gasteiger partial charge on any atom is -0.354 e. The first-order valence-electron chi connectivity index (χ1n) is 13.5. The van der Waals surface area contributed by atoms with E-state index < -0.39 is 0 Å². The zero-order valence-electron chi connectivity index (χ0n) is 21.7. The van der Waals surface area contributed by atoms with Crippen LogP contribution in [0.2, 0.25) is 0 Å². The van der Waals surface area contributed by atoms with Gasteiger partial charge in [-0.3, -0.25) is 14.6 Å². The number of likely N-dealkylation sites (N-methyl/N-ethyl adjacent to an activating group) is 1. The summed E-state index contributed by atoms with van der Waals surface area (Å²) in [5.41, 5.74) is 2.85. The minimum absolute atomic E-state index is 0.0785. The molecule has 0 aliphatic carbocycles. The Hall–Kier alpha value is -2.73. The number of rotatable bonds is 8. The molecule has 0 unspecified atom stereocenters. The third-order valence-corrected chi connectivity index (χ3v) is 8.23. The smallest absolute Gasteiger partial charge is 0.234 e. The average molecular weight is 485 g/mol. The third-order valence-electron chi connectivity index (χ3n) is 8.23. The maximum absolute atomic E-state index is 13.0. The van der Waals surface area contributed by atoms with Crippen LogP contribution in [0.1, 0.15) is 24.0 Å². The molecule has 5 nitrogen and oxygen atoms in total. The summed E-state index contributed by atoms with van der Waals surface area (Å²) in [4.78, 5) is 20.2. The van der Waals surface area contributed by atoms with Crippen LogP contribution < -0.4 is 5.32 Å². The molecule has 3 aromatic rings. The molecule has 0 saturated carbocycles. The van der Waals surface area contributed by atoms with Crippen molar-refractivity contribution in [2.24, 2.45) is 5.41 Å². The Morgan fingerprint density at radius 3 is 2.28 bits per heavy atom. The molecule has 0 radical (unpaired) electrons. The molecule has 36 heavy (non-hydrogen) atoms. The minimum atomic E-state index is 0.0785. The number of carbonyl (C=O) groups excluding carboxylic acids is 1. The van der Waals surface area contributed by atoms with Crippen LogP contribution in [0.3, 0.4) is 0 Å². The Morgan fingerprint density at radius 2 is 1.50 bits per heavy atom. The zero-order valence-corrected chi connectivity index (χ0v) is 21.7. The van der Waals surface area contributed by atoms with Gasteiger partial charge in [-0.25, -0.2) is 0 Å². The zero-order chi connectivity index (χ0) is 24.8. The molecule has 2 fully saturated rings. The maximum atomic E-state index is 13.0. The quantitative estimate of drug-likeness (QED) is 0.524. The van der Waals surface area contributed by atoms with E-state index in [0.717, 1.165) is 71.6 Å². The molecule has 2 heterocycles. The number of nitrogens with zero attached hydrogens (tertiary/aromatic N) is 3. The number of piperidine rings is 1. The van der Waals surface area contributed by atoms with E-state index in [1.54, 1.807) is 0 Å². The van der Waals surface area contributed by atoms with Crippen LogP contribution in [0.15, 0.2) is 72.8 Å². The highest BCUT2D eigenvalue weighted by Crippen LogP contribution is 2.37. The van der Waals surface area contributed by atoms with Crippen LogP contribution >= 0.6 is 0 Å². The Kier molecular flexibility index (Phi) is 8.00. The fourth-order valence-corrected chi connectivity index (χ4v) is 5.84. The standard InChI is InChI=1S/C31H40N4O/c1-33-18-20-35(21-19-33)24-30(36)32-25-31(22-28-12-7-11-27-10-5-6-13-29(27)28)14-16-34(17-15-31)23-26-8-3-2-4-9-26/h2-13H,14-25H2,1H3,(H,32,36). The molecule has 0 bridgehead atoms. The van der Waals surface area contributed by atoms with Gasteiger partial charge in [-0.2, -0.15) is 0 Å². The van der Waals surface area contributed by atoms with Crippen molar-refractivity contribution < 1.29 is 4.79 Å². The summed E-state index contributed by atoms with van der Waals surface area (Å²) in [7, 11) is 2.15. The lowest BCUT2D eigenvalue weighted by atomic mass is 9.73. The lowest BCUT2D eigenvalue weighted by Crippen LogP contribution is -2.51. The summed E-state index contributed by atoms with van der Waals surface area (Å²) in [6, 6.07) is 26.1. The van der Waals surface area contributed by atoms with E-state index in [1.807, 2.05) is 0 Å². The van der Waals surface area contributed by atoms with Gasteiger partial charge in [0.25, 0.3) is 0 Å². The van der Waals surface area contributed by atoms with Gasteiger partial charge in [-0.1, -0.05) is 72.8 Å². The fourth-order valence-electron chi connectivity index (χ4n) is 5.84. The van der Waals surface area contributed by atoms with E-state index in [9.17, 15) is 4.79 Å². The van der Waals surface area contributed by atoms with E-state index in [-0.39, 0.29) is 11.3 Å². The summed E-state index contributed by atoms with van der Waals surface area (Å²) >= 11 is 0. The van der Waals surface area contributed by atoms with Gasteiger partial charge >= 0.3 is 0 Å². The molecular formula is C31H40N4O. The summed E-state index contributed by atoms with van der Waals surface area (Å²) in [6.07, 6.45) is 3.19. The molecule has 2 aliphatic rings. The van der Waals surface area contributed by atoms with Crippen LogP contribution in [-0.4, -0.2) is 80.0 Å². The number of likely N-dealkylation sites (tertiary alicyclic amines) is 1. The highest BCUT2D eigenvalue weighted by atomic mass is 16.2. The number of piperazine rings is 1. The SMILES string of the molecule is CN1CCN(CC(=O)NCC2(Cc3cccc4ccccc34)CCN(Cc3ccccc3)CC2)CC1. The van der Waals surface area contributed by atoms with Gasteiger partial charge in [0.15, 0.2) is 0 Å². The first-order valence-corrected chi connectivity index (χ1v) is 13.5. The van der Waals surface area contributed by atoms with Gasteiger partial charge in [0.05, 0.1) is 6.54 Å². The van der Waals surface area contributed by atoms with Crippen molar-refractivity contribution in [2.75, 3.05) is 59.4 Å². The van der Waals surface area contributed by atoms with Crippen molar-refractivity contribution in [1.29, 1.82) is 0 Å². The summed E-state index contributed by atoms with van der Waals surface area (Å²) in [5.74, 6) is 0.170. The average Bonchev–Trinajstić information content (AvgIpc) is 2.91. The molecule has 5 rings (SSSR count). The first-order chi connectivity index (χ1) is 17.6. The summed E-state index contributed by atoms with van der Waals surface area (Å²) in [6.45, 7) is 8.41. The van der Waals surface area contributed by atoms with Crippen LogP contribution in [0, 0.1) is 5.41 Å². The van der Waals surface area contributed by atoms with Crippen molar-refractivity contribution in [3.8, 4) is 0 Å². The van der Waals surface area contributed by atoms with Gasteiger partial charge in [-0.05, 0) is 66.7 Å². The molecule has 3 aromatic carbocycles. The van der Waals surface area contributed by atoms with Gasteiger partial charge in [0.2, 0.25) is 5.91 Å². The number of benzene rings is 3. The van der Waals surface area contributed by atoms with E-state index >= 15 is 0 Å². The highest BCUT2D eigenvalue weighted by molar-refractivity contribution is 5.85. The molecule has 2 saturated heterocycles. The van der Waals surface area contributed by atoms with Gasteiger partial charge < -0.3 is 10.2 Å². The van der Waals surface area contributed by atoms with Gasteiger partial charge in [0.1, 0.15) is 0 Å². The number of nitrogens with one attached hydrogen (secondary N) is 1. The molecular weight excluding hydrogens is 444 g/mol. The number of hydrogen-bond donors (Lipinski definition) is 1. The normalized spacial score (nSPS) is 19.4. The molecule has 190 valence electrons. The Balaban J connectivity index is 1.27. The Bertz CT molecular complexity index is 1130. The van der Waals surface area contributed by atoms with E-state index in [1.165, 1.54) is 21.9 Å². The van der Waals surface area contributed by atoms with Crippen LogP contribution in [0.25, 0.3) is 10.8 Å². The Morgan fingerprint density at radius 1 is 0.806 bits per heavy atom. The number of fused-ring (bicyclic) bond motifs is 1. The molecule has 1 amide bonds. The summed E-state index contributed by atoms with van der Waals surface area (Å²) < 4.78 is 0. The first kappa shape index (κ1) is 24.9. The highest BCUT2D eigenvalue weighted by Gasteiger charge is 2.35. The van der Waals surface area contributed by atoms with Crippen molar-refractivity contribution in [1.82, 2.24) is 20.0 Å². The second kappa shape index (κ2) is 11.5. The van der Waals surface area contributed by atoms with E-state index in [0.29, 0.717) is 6.54 Å². The monoisotopic (exact) mass is 484 g/mol. The van der Waals surface area contributed by atoms with Gasteiger partial charge in [0, 0.05) is 39.3 Å². The van der Waals surface area contributed by atoms with Gasteiger partial charge in [-0.15, -0.1) is 0 Å². The lowest BCUT2D eigenvalue weighted by Gasteiger charge is -2.42. The largest absolute Gasteiger partial charge is 0.354 e. The maximum Gasteiger partial charge on any atom is 0.234 e. The van der Waals surface area contributed by atoms with Crippen LogP contribution in [-0.2, 0) is 17.8 Å². The van der Waals surface area contributed by atoms with E-state index in [2.05, 4.69) is 99.9 Å². The molecule has 2 aliphatic heterocycles. The predicted octanol–water partition coefficient (Wildman–Crippen LogP) is 4.03. The molecule has 0 atom stereocenters. The predicted molar refractivity (Wildman–Crippen MR) is 148 cm³/mol. The second-order valence-electron chi connectivity index (χ2n) is 10.9. The van der Waals surface area contributed by atoms with Crippen molar-refractivity contribution in [3.05, 3.63) is 83.9 Å². The molecule has 0 aromatic heterocycles. The van der Waals surface area contributed by atoms with E-state index in [4.69, 9.17) is 0 Å². The molecule has 5 heteroatoms. The van der Waals surface area contributed by atoms with Crippen molar-refractivity contribution in [2.45, 2.75) is 25.8 Å². The Labute approximate surface area is 216 Å². The second-order valence-corrected chi connectivity index (χ2v) is 10.9. The third kappa shape index (κ3) is 6.33. The van der Waals surface area contributed by atoms with Crippen LogP contribution in [0.5, 0.6) is 0 Å². The fraction of sp³-hybridized carbons (Fsp3) is 0.452. The number of carbonyl (C=O) groups is 1. The number of hydrogen-bond acceptors (Lipinski definition) is 4. The lowest BCUT2D eigenvalue weighted by molar-refractivity contribution is -0.123. The number of amides is 1. The molecule has 1 N–H and O–H groups in total. The topological polar surface area (TPSA) is 38.8 Å². The van der Waals surface area contributed by atoms with Crippen molar-refractivity contribution in [3.63, 3.8) is 0 Å². The summed E-state index contributed by atoms with van der Waals surface area (Å²) in [5, 5.41) is 6.01.